The van der Waals surface area contributed by atoms with Gasteiger partial charge in [0.05, 0.1) is 12.2 Å². The number of aromatic nitrogens is 1. The highest BCUT2D eigenvalue weighted by molar-refractivity contribution is 5.85. The number of carbonyl (C=O) groups excluding carboxylic acids is 1. The van der Waals surface area contributed by atoms with E-state index in [1.54, 1.807) is 19.2 Å². The Bertz CT molecular complexity index is 1040. The van der Waals surface area contributed by atoms with Crippen molar-refractivity contribution < 1.29 is 13.9 Å². The van der Waals surface area contributed by atoms with E-state index in [1.807, 2.05) is 37.3 Å². The summed E-state index contributed by atoms with van der Waals surface area (Å²) in [5, 5.41) is 3.73. The Kier molecular flexibility index (Phi) is 6.65. The van der Waals surface area contributed by atoms with Crippen LogP contribution in [-0.2, 0) is 17.8 Å². The fourth-order valence-electron chi connectivity index (χ4n) is 3.18. The molecule has 3 aromatic rings. The van der Waals surface area contributed by atoms with Gasteiger partial charge in [0.25, 0.3) is 5.91 Å². The molecule has 6 nitrogen and oxygen atoms in total. The summed E-state index contributed by atoms with van der Waals surface area (Å²) in [5.74, 6) is 0.280. The zero-order valence-electron chi connectivity index (χ0n) is 17.0. The first-order valence-electron chi connectivity index (χ1n) is 9.90. The van der Waals surface area contributed by atoms with E-state index in [4.69, 9.17) is 9.15 Å². The Hall–Kier alpha value is -3.15. The SMILES string of the molecule is CCCCc1cc(=O)oc2c(C)c(OC(C)C(=O)NCc3ccccn3)ccc12. The summed E-state index contributed by atoms with van der Waals surface area (Å²) in [7, 11) is 0. The lowest BCUT2D eigenvalue weighted by Crippen LogP contribution is -2.36. The molecule has 0 bridgehead atoms. The predicted molar refractivity (Wildman–Crippen MR) is 112 cm³/mol. The minimum Gasteiger partial charge on any atom is -0.480 e. The van der Waals surface area contributed by atoms with Crippen molar-refractivity contribution in [2.45, 2.75) is 52.7 Å². The molecule has 0 fully saturated rings. The molecule has 1 amide bonds. The molecule has 0 aliphatic heterocycles. The Morgan fingerprint density at radius 2 is 2.10 bits per heavy atom. The van der Waals surface area contributed by atoms with Crippen LogP contribution in [0.5, 0.6) is 5.75 Å². The number of rotatable bonds is 8. The Labute approximate surface area is 169 Å². The fraction of sp³-hybridized carbons (Fsp3) is 0.348. The fourth-order valence-corrected chi connectivity index (χ4v) is 3.18. The number of nitrogens with one attached hydrogen (secondary N) is 1. The van der Waals surface area contributed by atoms with Crippen molar-refractivity contribution in [2.75, 3.05) is 0 Å². The van der Waals surface area contributed by atoms with Crippen molar-refractivity contribution in [3.05, 3.63) is 69.8 Å². The van der Waals surface area contributed by atoms with Crippen molar-refractivity contribution in [3.8, 4) is 5.75 Å². The first-order chi connectivity index (χ1) is 14.0. The number of fused-ring (bicyclic) bond motifs is 1. The third-order valence-electron chi connectivity index (χ3n) is 4.84. The molecule has 0 saturated carbocycles. The lowest BCUT2D eigenvalue weighted by Gasteiger charge is -2.17. The molecule has 0 aliphatic carbocycles. The largest absolute Gasteiger partial charge is 0.480 e. The van der Waals surface area contributed by atoms with E-state index in [1.165, 1.54) is 0 Å². The molecule has 2 aromatic heterocycles. The average Bonchev–Trinajstić information content (AvgIpc) is 2.73. The summed E-state index contributed by atoms with van der Waals surface area (Å²) < 4.78 is 11.3. The molecule has 0 saturated heterocycles. The van der Waals surface area contributed by atoms with E-state index in [2.05, 4.69) is 17.2 Å². The molecule has 0 spiro atoms. The van der Waals surface area contributed by atoms with Gasteiger partial charge in [-0.3, -0.25) is 9.78 Å². The minimum absolute atomic E-state index is 0.242. The first kappa shape index (κ1) is 20.6. The average molecular weight is 394 g/mol. The van der Waals surface area contributed by atoms with Gasteiger partial charge in [-0.1, -0.05) is 19.4 Å². The highest BCUT2D eigenvalue weighted by Gasteiger charge is 2.18. The van der Waals surface area contributed by atoms with Crippen LogP contribution < -0.4 is 15.7 Å². The minimum atomic E-state index is -0.704. The normalized spacial score (nSPS) is 12.0. The summed E-state index contributed by atoms with van der Waals surface area (Å²) >= 11 is 0. The molecular weight excluding hydrogens is 368 g/mol. The molecule has 1 unspecified atom stereocenters. The predicted octanol–water partition coefficient (Wildman–Crippen LogP) is 3.92. The number of hydrogen-bond acceptors (Lipinski definition) is 5. The van der Waals surface area contributed by atoms with Gasteiger partial charge in [0.1, 0.15) is 11.3 Å². The van der Waals surface area contributed by atoms with Crippen LogP contribution in [0.15, 0.2) is 51.8 Å². The first-order valence-corrected chi connectivity index (χ1v) is 9.90. The molecule has 1 atom stereocenters. The van der Waals surface area contributed by atoms with E-state index < -0.39 is 6.10 Å². The van der Waals surface area contributed by atoms with E-state index in [0.717, 1.165) is 35.9 Å². The summed E-state index contributed by atoms with van der Waals surface area (Å²) in [6, 6.07) is 10.8. The van der Waals surface area contributed by atoms with Crippen LogP contribution in [-0.4, -0.2) is 17.0 Å². The zero-order chi connectivity index (χ0) is 20.8. The van der Waals surface area contributed by atoms with Crippen LogP contribution in [0, 0.1) is 6.92 Å². The van der Waals surface area contributed by atoms with Gasteiger partial charge in [-0.05, 0) is 56.5 Å². The molecule has 0 radical (unpaired) electrons. The maximum atomic E-state index is 12.4. The number of amides is 1. The standard InChI is InChI=1S/C23H26N2O4/c1-4-5-8-17-13-21(26)29-22-15(2)20(11-10-19(17)22)28-16(3)23(27)25-14-18-9-6-7-12-24-18/h6-7,9-13,16H,4-5,8,14H2,1-3H3,(H,25,27). The lowest BCUT2D eigenvalue weighted by atomic mass is 10.0. The number of aryl methyl sites for hydroxylation is 2. The van der Waals surface area contributed by atoms with Crippen molar-refractivity contribution in [2.24, 2.45) is 0 Å². The number of hydrogen-bond donors (Lipinski definition) is 1. The second-order valence-corrected chi connectivity index (χ2v) is 7.06. The van der Waals surface area contributed by atoms with E-state index in [0.29, 0.717) is 23.4 Å². The molecule has 29 heavy (non-hydrogen) atoms. The van der Waals surface area contributed by atoms with Gasteiger partial charge < -0.3 is 14.5 Å². The molecule has 1 N–H and O–H groups in total. The second kappa shape index (κ2) is 9.37. The van der Waals surface area contributed by atoms with Gasteiger partial charge in [-0.25, -0.2) is 4.79 Å². The van der Waals surface area contributed by atoms with E-state index >= 15 is 0 Å². The van der Waals surface area contributed by atoms with Gasteiger partial charge >= 0.3 is 5.63 Å². The van der Waals surface area contributed by atoms with Crippen LogP contribution in [0.1, 0.15) is 43.5 Å². The van der Waals surface area contributed by atoms with Crippen LogP contribution in [0.25, 0.3) is 11.0 Å². The Balaban J connectivity index is 1.76. The highest BCUT2D eigenvalue weighted by Crippen LogP contribution is 2.29. The maximum Gasteiger partial charge on any atom is 0.336 e. The van der Waals surface area contributed by atoms with Crippen LogP contribution >= 0.6 is 0 Å². The number of unbranched alkanes of at least 4 members (excludes halogenated alkanes) is 1. The third-order valence-corrected chi connectivity index (χ3v) is 4.84. The monoisotopic (exact) mass is 394 g/mol. The highest BCUT2D eigenvalue weighted by atomic mass is 16.5. The molecule has 3 rings (SSSR count). The lowest BCUT2D eigenvalue weighted by molar-refractivity contribution is -0.127. The van der Waals surface area contributed by atoms with Crippen molar-refractivity contribution in [1.29, 1.82) is 0 Å². The number of pyridine rings is 1. The summed E-state index contributed by atoms with van der Waals surface area (Å²) in [6.45, 7) is 5.97. The summed E-state index contributed by atoms with van der Waals surface area (Å²) in [6.07, 6.45) is 3.86. The number of ether oxygens (including phenoxy) is 1. The molecule has 2 heterocycles. The van der Waals surface area contributed by atoms with Crippen LogP contribution in [0.3, 0.4) is 0 Å². The number of nitrogens with zero attached hydrogens (tertiary/aromatic N) is 1. The summed E-state index contributed by atoms with van der Waals surface area (Å²) in [5.41, 5.74) is 2.61. The van der Waals surface area contributed by atoms with Gasteiger partial charge in [-0.15, -0.1) is 0 Å². The van der Waals surface area contributed by atoms with Crippen molar-refractivity contribution in [3.63, 3.8) is 0 Å². The van der Waals surface area contributed by atoms with Gasteiger partial charge in [-0.2, -0.15) is 0 Å². The second-order valence-electron chi connectivity index (χ2n) is 7.06. The molecule has 0 aliphatic rings. The molecule has 152 valence electrons. The maximum absolute atomic E-state index is 12.4. The molecule has 6 heteroatoms. The Morgan fingerprint density at radius 1 is 1.28 bits per heavy atom. The molecular formula is C23H26N2O4. The van der Waals surface area contributed by atoms with Gasteiger partial charge in [0, 0.05) is 23.2 Å². The third kappa shape index (κ3) is 5.02. The Morgan fingerprint density at radius 3 is 2.83 bits per heavy atom. The van der Waals surface area contributed by atoms with Crippen molar-refractivity contribution >= 4 is 16.9 Å². The van der Waals surface area contributed by atoms with Crippen LogP contribution in [0.4, 0.5) is 0 Å². The topological polar surface area (TPSA) is 81.4 Å². The zero-order valence-corrected chi connectivity index (χ0v) is 17.0. The van der Waals surface area contributed by atoms with Crippen LogP contribution in [0.2, 0.25) is 0 Å². The number of benzene rings is 1. The van der Waals surface area contributed by atoms with Gasteiger partial charge in [0.2, 0.25) is 0 Å². The van der Waals surface area contributed by atoms with E-state index in [-0.39, 0.29) is 11.5 Å². The smallest absolute Gasteiger partial charge is 0.336 e. The number of carbonyl (C=O) groups is 1. The van der Waals surface area contributed by atoms with E-state index in [9.17, 15) is 9.59 Å². The molecule has 1 aromatic carbocycles. The summed E-state index contributed by atoms with van der Waals surface area (Å²) in [4.78, 5) is 28.6. The van der Waals surface area contributed by atoms with Gasteiger partial charge in [0.15, 0.2) is 6.10 Å². The quantitative estimate of drug-likeness (QED) is 0.586. The van der Waals surface area contributed by atoms with Crippen molar-refractivity contribution in [1.82, 2.24) is 10.3 Å².